The van der Waals surface area contributed by atoms with Gasteiger partial charge in [0.2, 0.25) is 0 Å². The van der Waals surface area contributed by atoms with Gasteiger partial charge in [0, 0.05) is 24.6 Å². The lowest BCUT2D eigenvalue weighted by Gasteiger charge is -2.35. The number of methoxy groups -OCH3 is 1. The Hall–Kier alpha value is -3.75. The smallest absolute Gasteiger partial charge is 0.338 e. The van der Waals surface area contributed by atoms with Crippen molar-refractivity contribution in [3.63, 3.8) is 0 Å². The van der Waals surface area contributed by atoms with Gasteiger partial charge in [-0.2, -0.15) is 0 Å². The Labute approximate surface area is 172 Å². The summed E-state index contributed by atoms with van der Waals surface area (Å²) in [4.78, 5) is 48.9. The maximum absolute atomic E-state index is 12.7. The summed E-state index contributed by atoms with van der Waals surface area (Å²) < 4.78 is 9.92. The first-order valence-corrected chi connectivity index (χ1v) is 9.18. The third-order valence-corrected chi connectivity index (χ3v) is 5.00. The number of rotatable bonds is 5. The highest BCUT2D eigenvalue weighted by molar-refractivity contribution is 5.92. The minimum absolute atomic E-state index is 0.0967. The maximum Gasteiger partial charge on any atom is 0.338 e. The molecule has 1 aliphatic heterocycles. The van der Waals surface area contributed by atoms with Crippen molar-refractivity contribution in [1.29, 1.82) is 0 Å². The van der Waals surface area contributed by atoms with Crippen LogP contribution in [0.15, 0.2) is 42.5 Å². The number of hydrogen-bond donors (Lipinski definition) is 0. The predicted molar refractivity (Wildman–Crippen MR) is 105 cm³/mol. The summed E-state index contributed by atoms with van der Waals surface area (Å²) >= 11 is 0. The normalized spacial score (nSPS) is 15.1. The minimum Gasteiger partial charge on any atom is -0.467 e. The van der Waals surface area contributed by atoms with Crippen LogP contribution in [-0.2, 0) is 32.0 Å². The molecule has 156 valence electrons. The zero-order chi connectivity index (χ0) is 21.8. The summed E-state index contributed by atoms with van der Waals surface area (Å²) in [5.74, 6) is -1.87. The van der Waals surface area contributed by atoms with Crippen molar-refractivity contribution in [3.8, 4) is 0 Å². The molecule has 9 nitrogen and oxygen atoms in total. The van der Waals surface area contributed by atoms with Crippen molar-refractivity contribution in [3.05, 3.63) is 74.8 Å². The van der Waals surface area contributed by atoms with E-state index >= 15 is 0 Å². The fourth-order valence-electron chi connectivity index (χ4n) is 3.41. The molecule has 0 aliphatic carbocycles. The Morgan fingerprint density at radius 1 is 1.17 bits per heavy atom. The van der Waals surface area contributed by atoms with Crippen LogP contribution in [0, 0.1) is 17.0 Å². The highest BCUT2D eigenvalue weighted by atomic mass is 16.6. The Balaban J connectivity index is 1.71. The Kier molecular flexibility index (Phi) is 6.10. The number of amides is 1. The molecular formula is C21H20N2O7. The van der Waals surface area contributed by atoms with Crippen LogP contribution in [0.4, 0.5) is 5.69 Å². The highest BCUT2D eigenvalue weighted by Gasteiger charge is 2.35. The molecule has 0 unspecified atom stereocenters. The zero-order valence-corrected chi connectivity index (χ0v) is 16.5. The van der Waals surface area contributed by atoms with Crippen LogP contribution < -0.4 is 0 Å². The van der Waals surface area contributed by atoms with E-state index in [0.717, 1.165) is 11.1 Å². The molecule has 1 atom stereocenters. The van der Waals surface area contributed by atoms with Gasteiger partial charge < -0.3 is 14.4 Å². The van der Waals surface area contributed by atoms with Gasteiger partial charge in [0.15, 0.2) is 6.61 Å². The van der Waals surface area contributed by atoms with Gasteiger partial charge >= 0.3 is 11.9 Å². The second-order valence-electron chi connectivity index (χ2n) is 6.87. The van der Waals surface area contributed by atoms with Gasteiger partial charge in [-0.3, -0.25) is 14.9 Å². The summed E-state index contributed by atoms with van der Waals surface area (Å²) in [6, 6.07) is 10.5. The monoisotopic (exact) mass is 412 g/mol. The predicted octanol–water partition coefficient (Wildman–Crippen LogP) is 2.19. The van der Waals surface area contributed by atoms with E-state index in [2.05, 4.69) is 0 Å². The second-order valence-corrected chi connectivity index (χ2v) is 6.87. The van der Waals surface area contributed by atoms with E-state index in [4.69, 9.17) is 9.47 Å². The van der Waals surface area contributed by atoms with E-state index in [0.29, 0.717) is 12.0 Å². The number of nitro benzene ring substituents is 1. The maximum atomic E-state index is 12.7. The van der Waals surface area contributed by atoms with E-state index in [-0.39, 0.29) is 17.8 Å². The number of esters is 2. The lowest BCUT2D eigenvalue weighted by molar-refractivity contribution is -0.385. The lowest BCUT2D eigenvalue weighted by Crippen LogP contribution is -2.50. The Morgan fingerprint density at radius 3 is 2.50 bits per heavy atom. The van der Waals surface area contributed by atoms with Gasteiger partial charge in [-0.05, 0) is 30.2 Å². The van der Waals surface area contributed by atoms with Gasteiger partial charge in [0.25, 0.3) is 11.6 Å². The van der Waals surface area contributed by atoms with Crippen molar-refractivity contribution in [2.24, 2.45) is 0 Å². The number of benzene rings is 2. The Bertz CT molecular complexity index is 1020. The highest BCUT2D eigenvalue weighted by Crippen LogP contribution is 2.24. The number of ether oxygens (including phenoxy) is 2. The first-order chi connectivity index (χ1) is 14.3. The minimum atomic E-state index is -0.808. The van der Waals surface area contributed by atoms with E-state index in [9.17, 15) is 24.5 Å². The van der Waals surface area contributed by atoms with E-state index < -0.39 is 35.4 Å². The van der Waals surface area contributed by atoms with Crippen LogP contribution in [0.5, 0.6) is 0 Å². The van der Waals surface area contributed by atoms with E-state index in [1.54, 1.807) is 0 Å². The molecule has 9 heteroatoms. The number of nitro groups is 1. The number of carbonyl (C=O) groups excluding carboxylic acids is 3. The molecule has 0 saturated carbocycles. The van der Waals surface area contributed by atoms with Crippen LogP contribution >= 0.6 is 0 Å². The van der Waals surface area contributed by atoms with Crippen LogP contribution in [-0.4, -0.2) is 47.4 Å². The van der Waals surface area contributed by atoms with Crippen LogP contribution in [0.25, 0.3) is 0 Å². The molecule has 2 aromatic rings. The van der Waals surface area contributed by atoms with Gasteiger partial charge in [0.05, 0.1) is 17.6 Å². The zero-order valence-electron chi connectivity index (χ0n) is 16.5. The third kappa shape index (κ3) is 4.29. The molecule has 2 aromatic carbocycles. The fraction of sp³-hybridized carbons (Fsp3) is 0.286. The molecule has 0 bridgehead atoms. The van der Waals surface area contributed by atoms with E-state index in [1.165, 1.54) is 37.1 Å². The molecule has 0 radical (unpaired) electrons. The first-order valence-electron chi connectivity index (χ1n) is 9.18. The standard InChI is InChI=1S/C21H20N2O7/c1-13-9-15(7-8-17(13)23(27)28)20(25)30-12-19(24)22-11-16-6-4-3-5-14(16)10-18(22)21(26)29-2/h3-9,18H,10-12H2,1-2H3/t18-/m1/s1. The van der Waals surface area contributed by atoms with Crippen molar-refractivity contribution >= 4 is 23.5 Å². The summed E-state index contributed by atoms with van der Waals surface area (Å²) in [5.41, 5.74) is 2.15. The lowest BCUT2D eigenvalue weighted by atomic mass is 9.94. The average molecular weight is 412 g/mol. The van der Waals surface area contributed by atoms with Crippen LogP contribution in [0.3, 0.4) is 0 Å². The summed E-state index contributed by atoms with van der Waals surface area (Å²) in [5, 5.41) is 10.9. The molecule has 1 heterocycles. The SMILES string of the molecule is COC(=O)[C@H]1Cc2ccccc2CN1C(=O)COC(=O)c1ccc([N+](=O)[O-])c(C)c1. The number of fused-ring (bicyclic) bond motifs is 1. The van der Waals surface area contributed by atoms with E-state index in [1.807, 2.05) is 24.3 Å². The van der Waals surface area contributed by atoms with Gasteiger partial charge in [0.1, 0.15) is 6.04 Å². The Morgan fingerprint density at radius 2 is 1.87 bits per heavy atom. The number of hydrogen-bond acceptors (Lipinski definition) is 7. The van der Waals surface area contributed by atoms with Gasteiger partial charge in [-0.1, -0.05) is 24.3 Å². The van der Waals surface area contributed by atoms with Crippen molar-refractivity contribution in [2.45, 2.75) is 25.9 Å². The second kappa shape index (κ2) is 8.73. The van der Waals surface area contributed by atoms with Gasteiger partial charge in [-0.25, -0.2) is 9.59 Å². The third-order valence-electron chi connectivity index (χ3n) is 5.00. The average Bonchev–Trinajstić information content (AvgIpc) is 2.75. The molecule has 0 fully saturated rings. The molecule has 1 aliphatic rings. The largest absolute Gasteiger partial charge is 0.467 e. The summed E-state index contributed by atoms with van der Waals surface area (Å²) in [7, 11) is 1.25. The number of nitrogens with zero attached hydrogens (tertiary/aromatic N) is 2. The fourth-order valence-corrected chi connectivity index (χ4v) is 3.41. The van der Waals surface area contributed by atoms with Gasteiger partial charge in [-0.15, -0.1) is 0 Å². The number of carbonyl (C=O) groups is 3. The summed E-state index contributed by atoms with van der Waals surface area (Å²) in [6.07, 6.45) is 0.310. The molecule has 0 spiro atoms. The first kappa shape index (κ1) is 21.0. The number of aryl methyl sites for hydroxylation is 1. The molecule has 0 aromatic heterocycles. The van der Waals surface area contributed by atoms with Crippen molar-refractivity contribution in [1.82, 2.24) is 4.90 Å². The molecular weight excluding hydrogens is 392 g/mol. The molecule has 3 rings (SSSR count). The molecule has 30 heavy (non-hydrogen) atoms. The summed E-state index contributed by atoms with van der Waals surface area (Å²) in [6.45, 7) is 1.14. The molecule has 0 saturated heterocycles. The van der Waals surface area contributed by atoms with Crippen LogP contribution in [0.2, 0.25) is 0 Å². The van der Waals surface area contributed by atoms with Crippen molar-refractivity contribution in [2.75, 3.05) is 13.7 Å². The van der Waals surface area contributed by atoms with Crippen LogP contribution in [0.1, 0.15) is 27.0 Å². The quantitative estimate of drug-likeness (QED) is 0.420. The molecule has 0 N–H and O–H groups in total. The molecule has 1 amide bonds. The topological polar surface area (TPSA) is 116 Å². The van der Waals surface area contributed by atoms with Crippen molar-refractivity contribution < 1.29 is 28.8 Å².